The molecule has 0 aliphatic heterocycles. The fourth-order valence-electron chi connectivity index (χ4n) is 1.66. The molecule has 4 heteroatoms. The Morgan fingerprint density at radius 3 is 2.74 bits per heavy atom. The number of Topliss-reactive ketones (excluding diaryl/α,β-unsaturated/α-hetero) is 1. The molecule has 98 valence electrons. The number of benzene rings is 1. The van der Waals surface area contributed by atoms with Gasteiger partial charge in [-0.25, -0.2) is 0 Å². The standard InChI is InChI=1S/C15H14ClNO2/c16-13-9-14(11-17-10-13)19-8-4-7-15(18)12-5-2-1-3-6-12/h1-3,5-6,9-11H,4,7-8H2. The number of aromatic nitrogens is 1. The van der Waals surface area contributed by atoms with Gasteiger partial charge >= 0.3 is 0 Å². The molecule has 0 radical (unpaired) electrons. The van der Waals surface area contributed by atoms with Crippen molar-refractivity contribution in [2.24, 2.45) is 0 Å². The average Bonchev–Trinajstić information content (AvgIpc) is 2.44. The Labute approximate surface area is 117 Å². The number of carbonyl (C=O) groups is 1. The van der Waals surface area contributed by atoms with E-state index in [2.05, 4.69) is 4.98 Å². The molecule has 0 spiro atoms. The van der Waals surface area contributed by atoms with E-state index in [9.17, 15) is 4.79 Å². The van der Waals surface area contributed by atoms with Crippen LogP contribution in [0.2, 0.25) is 5.02 Å². The highest BCUT2D eigenvalue weighted by molar-refractivity contribution is 6.30. The zero-order chi connectivity index (χ0) is 13.5. The lowest BCUT2D eigenvalue weighted by Gasteiger charge is -2.05. The minimum atomic E-state index is 0.133. The largest absolute Gasteiger partial charge is 0.492 e. The Bertz CT molecular complexity index is 543. The Morgan fingerprint density at radius 2 is 2.00 bits per heavy atom. The van der Waals surface area contributed by atoms with Crippen molar-refractivity contribution in [3.8, 4) is 5.75 Å². The number of nitrogens with zero attached hydrogens (tertiary/aromatic N) is 1. The summed E-state index contributed by atoms with van der Waals surface area (Å²) in [4.78, 5) is 15.7. The fraction of sp³-hybridized carbons (Fsp3) is 0.200. The molecule has 2 rings (SSSR count). The highest BCUT2D eigenvalue weighted by Crippen LogP contribution is 2.15. The highest BCUT2D eigenvalue weighted by Gasteiger charge is 2.04. The van der Waals surface area contributed by atoms with Gasteiger partial charge in [0.2, 0.25) is 0 Å². The van der Waals surface area contributed by atoms with Crippen LogP contribution in [0.15, 0.2) is 48.8 Å². The van der Waals surface area contributed by atoms with Gasteiger partial charge in [-0.1, -0.05) is 41.9 Å². The summed E-state index contributed by atoms with van der Waals surface area (Å²) < 4.78 is 5.47. The van der Waals surface area contributed by atoms with E-state index < -0.39 is 0 Å². The molecule has 0 bridgehead atoms. The van der Waals surface area contributed by atoms with Crippen LogP contribution >= 0.6 is 11.6 Å². The van der Waals surface area contributed by atoms with Crippen molar-refractivity contribution in [2.45, 2.75) is 12.8 Å². The topological polar surface area (TPSA) is 39.2 Å². The van der Waals surface area contributed by atoms with Crippen LogP contribution < -0.4 is 4.74 Å². The quantitative estimate of drug-likeness (QED) is 0.595. The molecule has 1 aromatic heterocycles. The third-order valence-electron chi connectivity index (χ3n) is 2.59. The van der Waals surface area contributed by atoms with Crippen molar-refractivity contribution >= 4 is 17.4 Å². The number of hydrogen-bond donors (Lipinski definition) is 0. The summed E-state index contributed by atoms with van der Waals surface area (Å²) in [5, 5.41) is 0.540. The van der Waals surface area contributed by atoms with E-state index in [4.69, 9.17) is 16.3 Å². The lowest BCUT2D eigenvalue weighted by molar-refractivity contribution is 0.0973. The van der Waals surface area contributed by atoms with Gasteiger partial charge in [-0.05, 0) is 6.42 Å². The SMILES string of the molecule is O=C(CCCOc1cncc(Cl)c1)c1ccccc1. The van der Waals surface area contributed by atoms with Gasteiger partial charge in [-0.2, -0.15) is 0 Å². The molecule has 0 atom stereocenters. The van der Waals surface area contributed by atoms with Gasteiger partial charge in [-0.15, -0.1) is 0 Å². The zero-order valence-corrected chi connectivity index (χ0v) is 11.1. The van der Waals surface area contributed by atoms with Crippen molar-refractivity contribution in [1.82, 2.24) is 4.98 Å². The van der Waals surface area contributed by atoms with Crippen LogP contribution in [0.1, 0.15) is 23.2 Å². The molecule has 2 aromatic rings. The second kappa shape index (κ2) is 6.90. The number of ketones is 1. The minimum absolute atomic E-state index is 0.133. The number of pyridine rings is 1. The molecule has 1 aromatic carbocycles. The lowest BCUT2D eigenvalue weighted by Crippen LogP contribution is -2.03. The number of halogens is 1. The molecular weight excluding hydrogens is 262 g/mol. The van der Waals surface area contributed by atoms with Crippen LogP contribution in [0, 0.1) is 0 Å². The van der Waals surface area contributed by atoms with Crippen LogP contribution in [0.5, 0.6) is 5.75 Å². The van der Waals surface area contributed by atoms with Crippen LogP contribution in [0.4, 0.5) is 0 Å². The van der Waals surface area contributed by atoms with Crippen LogP contribution in [-0.2, 0) is 0 Å². The molecule has 0 aliphatic carbocycles. The maximum atomic E-state index is 11.8. The first kappa shape index (κ1) is 13.6. The van der Waals surface area contributed by atoms with E-state index in [1.165, 1.54) is 0 Å². The first-order valence-corrected chi connectivity index (χ1v) is 6.45. The molecule has 0 saturated heterocycles. The van der Waals surface area contributed by atoms with Gasteiger partial charge in [0, 0.05) is 24.2 Å². The van der Waals surface area contributed by atoms with E-state index in [1.807, 2.05) is 30.3 Å². The molecule has 0 aliphatic rings. The summed E-state index contributed by atoms with van der Waals surface area (Å²) in [5.74, 6) is 0.757. The summed E-state index contributed by atoms with van der Waals surface area (Å²) in [6.45, 7) is 0.473. The third-order valence-corrected chi connectivity index (χ3v) is 2.80. The van der Waals surface area contributed by atoms with Gasteiger partial charge in [0.25, 0.3) is 0 Å². The smallest absolute Gasteiger partial charge is 0.163 e. The van der Waals surface area contributed by atoms with Crippen LogP contribution in [0.25, 0.3) is 0 Å². The maximum Gasteiger partial charge on any atom is 0.163 e. The summed E-state index contributed by atoms with van der Waals surface area (Å²) in [7, 11) is 0. The van der Waals surface area contributed by atoms with E-state index in [1.54, 1.807) is 18.5 Å². The Hall–Kier alpha value is -1.87. The molecule has 0 saturated carbocycles. The molecule has 0 amide bonds. The predicted molar refractivity (Wildman–Crippen MR) is 74.7 cm³/mol. The van der Waals surface area contributed by atoms with Crippen molar-refractivity contribution in [1.29, 1.82) is 0 Å². The summed E-state index contributed by atoms with van der Waals surface area (Å²) >= 11 is 5.79. The summed E-state index contributed by atoms with van der Waals surface area (Å²) in [6, 6.07) is 11.0. The van der Waals surface area contributed by atoms with Gasteiger partial charge in [0.1, 0.15) is 5.75 Å². The van der Waals surface area contributed by atoms with Crippen molar-refractivity contribution < 1.29 is 9.53 Å². The van der Waals surface area contributed by atoms with Gasteiger partial charge in [-0.3, -0.25) is 9.78 Å². The van der Waals surface area contributed by atoms with Gasteiger partial charge < -0.3 is 4.74 Å². The third kappa shape index (κ3) is 4.38. The van der Waals surface area contributed by atoms with Crippen molar-refractivity contribution in [3.05, 3.63) is 59.4 Å². The Kier molecular flexibility index (Phi) is 4.93. The molecule has 3 nitrogen and oxygen atoms in total. The second-order valence-corrected chi connectivity index (χ2v) is 4.52. The van der Waals surface area contributed by atoms with Crippen molar-refractivity contribution in [2.75, 3.05) is 6.61 Å². The molecule has 19 heavy (non-hydrogen) atoms. The zero-order valence-electron chi connectivity index (χ0n) is 10.4. The van der Waals surface area contributed by atoms with Gasteiger partial charge in [0.05, 0.1) is 17.8 Å². The minimum Gasteiger partial charge on any atom is -0.492 e. The van der Waals surface area contributed by atoms with E-state index in [0.717, 1.165) is 5.56 Å². The summed E-state index contributed by atoms with van der Waals surface area (Å²) in [6.07, 6.45) is 4.29. The number of ether oxygens (including phenoxy) is 1. The lowest BCUT2D eigenvalue weighted by atomic mass is 10.1. The Balaban J connectivity index is 1.74. The van der Waals surface area contributed by atoms with Crippen molar-refractivity contribution in [3.63, 3.8) is 0 Å². The van der Waals surface area contributed by atoms with Gasteiger partial charge in [0.15, 0.2) is 5.78 Å². The molecule has 1 heterocycles. The first-order valence-electron chi connectivity index (χ1n) is 6.07. The normalized spacial score (nSPS) is 10.2. The fourth-order valence-corrected chi connectivity index (χ4v) is 1.83. The summed E-state index contributed by atoms with van der Waals surface area (Å²) in [5.41, 5.74) is 0.743. The predicted octanol–water partition coefficient (Wildman–Crippen LogP) is 3.78. The van der Waals surface area contributed by atoms with E-state index in [0.29, 0.717) is 30.2 Å². The second-order valence-electron chi connectivity index (χ2n) is 4.08. The average molecular weight is 276 g/mol. The van der Waals surface area contributed by atoms with Crippen LogP contribution in [0.3, 0.4) is 0 Å². The molecule has 0 N–H and O–H groups in total. The maximum absolute atomic E-state index is 11.8. The van der Waals surface area contributed by atoms with Crippen LogP contribution in [-0.4, -0.2) is 17.4 Å². The molecule has 0 fully saturated rings. The number of rotatable bonds is 6. The number of carbonyl (C=O) groups excluding carboxylic acids is 1. The van der Waals surface area contributed by atoms with E-state index in [-0.39, 0.29) is 5.78 Å². The highest BCUT2D eigenvalue weighted by atomic mass is 35.5. The molecule has 0 unspecified atom stereocenters. The molecular formula is C15H14ClNO2. The number of hydrogen-bond acceptors (Lipinski definition) is 3. The van der Waals surface area contributed by atoms with E-state index >= 15 is 0 Å². The first-order chi connectivity index (χ1) is 9.25. The monoisotopic (exact) mass is 275 g/mol. The Morgan fingerprint density at radius 1 is 1.21 bits per heavy atom.